The molecule has 2 rings (SSSR count). The second kappa shape index (κ2) is 8.44. The van der Waals surface area contributed by atoms with Crippen LogP contribution in [0.2, 0.25) is 5.02 Å². The summed E-state index contributed by atoms with van der Waals surface area (Å²) < 4.78 is 11.2. The highest BCUT2D eigenvalue weighted by molar-refractivity contribution is 6.30. The molecule has 0 spiro atoms. The highest BCUT2D eigenvalue weighted by Crippen LogP contribution is 2.27. The van der Waals surface area contributed by atoms with Crippen LogP contribution in [-0.2, 0) is 11.3 Å². The van der Waals surface area contributed by atoms with Crippen molar-refractivity contribution in [1.82, 2.24) is 5.32 Å². The number of hydrogen-bond donors (Lipinski definition) is 1. The van der Waals surface area contributed by atoms with E-state index < -0.39 is 6.10 Å². The highest BCUT2D eigenvalue weighted by atomic mass is 35.5. The van der Waals surface area contributed by atoms with Crippen LogP contribution in [0.5, 0.6) is 11.5 Å². The monoisotopic (exact) mass is 333 g/mol. The maximum Gasteiger partial charge on any atom is 0.261 e. The lowest BCUT2D eigenvalue weighted by molar-refractivity contribution is -0.127. The van der Waals surface area contributed by atoms with Gasteiger partial charge in [-0.15, -0.1) is 0 Å². The molecule has 1 N–H and O–H groups in total. The molecule has 0 aliphatic rings. The summed E-state index contributed by atoms with van der Waals surface area (Å²) in [4.78, 5) is 12.2. The number of hydrogen-bond acceptors (Lipinski definition) is 3. The van der Waals surface area contributed by atoms with Crippen LogP contribution in [0.4, 0.5) is 0 Å². The van der Waals surface area contributed by atoms with Gasteiger partial charge in [0.2, 0.25) is 0 Å². The lowest BCUT2D eigenvalue weighted by Gasteiger charge is -2.17. The maximum absolute atomic E-state index is 12.2. The normalized spacial score (nSPS) is 11.6. The minimum Gasteiger partial charge on any atom is -0.490 e. The quantitative estimate of drug-likeness (QED) is 0.837. The molecule has 0 aromatic heterocycles. The van der Waals surface area contributed by atoms with E-state index in [-0.39, 0.29) is 5.91 Å². The van der Waals surface area contributed by atoms with E-state index in [9.17, 15) is 4.79 Å². The van der Waals surface area contributed by atoms with Gasteiger partial charge in [-0.25, -0.2) is 0 Å². The number of carbonyl (C=O) groups is 1. The predicted octanol–water partition coefficient (Wildman–Crippen LogP) is 3.82. The van der Waals surface area contributed by atoms with Crippen LogP contribution < -0.4 is 14.8 Å². The first-order valence-electron chi connectivity index (χ1n) is 7.50. The lowest BCUT2D eigenvalue weighted by atomic mass is 10.2. The fourth-order valence-electron chi connectivity index (χ4n) is 2.00. The molecular weight excluding hydrogens is 314 g/mol. The van der Waals surface area contributed by atoms with E-state index in [0.29, 0.717) is 29.7 Å². The van der Waals surface area contributed by atoms with Crippen molar-refractivity contribution < 1.29 is 14.3 Å². The third kappa shape index (κ3) is 5.18. The van der Waals surface area contributed by atoms with E-state index in [4.69, 9.17) is 21.1 Å². The first kappa shape index (κ1) is 17.2. The summed E-state index contributed by atoms with van der Waals surface area (Å²) in [7, 11) is 0. The van der Waals surface area contributed by atoms with Crippen molar-refractivity contribution in [2.75, 3.05) is 6.61 Å². The average Bonchev–Trinajstić information content (AvgIpc) is 2.56. The SMILES string of the molecule is CCOc1ccccc1OC(C)C(=O)NCc1ccc(Cl)cc1. The number of ether oxygens (including phenoxy) is 2. The number of halogens is 1. The smallest absolute Gasteiger partial charge is 0.261 e. The zero-order valence-electron chi connectivity index (χ0n) is 13.2. The van der Waals surface area contributed by atoms with Crippen molar-refractivity contribution in [2.45, 2.75) is 26.5 Å². The van der Waals surface area contributed by atoms with Crippen molar-refractivity contribution in [3.8, 4) is 11.5 Å². The van der Waals surface area contributed by atoms with E-state index >= 15 is 0 Å². The molecule has 1 unspecified atom stereocenters. The Hall–Kier alpha value is -2.20. The summed E-state index contributed by atoms with van der Waals surface area (Å²) >= 11 is 5.84. The minimum atomic E-state index is -0.621. The van der Waals surface area contributed by atoms with Gasteiger partial charge in [-0.3, -0.25) is 4.79 Å². The molecule has 23 heavy (non-hydrogen) atoms. The average molecular weight is 334 g/mol. The van der Waals surface area contributed by atoms with Gasteiger partial charge in [0.15, 0.2) is 17.6 Å². The fraction of sp³-hybridized carbons (Fsp3) is 0.278. The Balaban J connectivity index is 1.91. The van der Waals surface area contributed by atoms with Crippen molar-refractivity contribution in [3.63, 3.8) is 0 Å². The molecule has 0 heterocycles. The first-order chi connectivity index (χ1) is 11.1. The molecule has 0 fully saturated rings. The number of rotatable bonds is 7. The third-order valence-corrected chi connectivity index (χ3v) is 3.45. The molecule has 2 aromatic rings. The van der Waals surface area contributed by atoms with Gasteiger partial charge in [0.05, 0.1) is 6.61 Å². The number of carbonyl (C=O) groups excluding carboxylic acids is 1. The summed E-state index contributed by atoms with van der Waals surface area (Å²) in [6, 6.07) is 14.6. The summed E-state index contributed by atoms with van der Waals surface area (Å²) in [6.45, 7) is 4.58. The van der Waals surface area contributed by atoms with E-state index in [2.05, 4.69) is 5.32 Å². The van der Waals surface area contributed by atoms with Gasteiger partial charge < -0.3 is 14.8 Å². The Morgan fingerprint density at radius 2 is 1.78 bits per heavy atom. The third-order valence-electron chi connectivity index (χ3n) is 3.20. The standard InChI is InChI=1S/C18H20ClNO3/c1-3-22-16-6-4-5-7-17(16)23-13(2)18(21)20-12-14-8-10-15(19)11-9-14/h4-11,13H,3,12H2,1-2H3,(H,20,21). The molecule has 5 heteroatoms. The summed E-state index contributed by atoms with van der Waals surface area (Å²) in [6.07, 6.45) is -0.621. The molecule has 0 aliphatic heterocycles. The van der Waals surface area contributed by atoms with E-state index in [1.165, 1.54) is 0 Å². The molecule has 0 aliphatic carbocycles. The highest BCUT2D eigenvalue weighted by Gasteiger charge is 2.16. The van der Waals surface area contributed by atoms with Gasteiger partial charge in [0.1, 0.15) is 0 Å². The summed E-state index contributed by atoms with van der Waals surface area (Å²) in [5.74, 6) is 1.00. The second-order valence-corrected chi connectivity index (χ2v) is 5.42. The van der Waals surface area contributed by atoms with Gasteiger partial charge in [0.25, 0.3) is 5.91 Å². The number of nitrogens with one attached hydrogen (secondary N) is 1. The van der Waals surface area contributed by atoms with E-state index in [1.54, 1.807) is 25.1 Å². The number of amides is 1. The molecule has 1 amide bonds. The second-order valence-electron chi connectivity index (χ2n) is 4.98. The fourth-order valence-corrected chi connectivity index (χ4v) is 2.13. The Kier molecular flexibility index (Phi) is 6.29. The Morgan fingerprint density at radius 1 is 1.13 bits per heavy atom. The number of benzene rings is 2. The van der Waals surface area contributed by atoms with Gasteiger partial charge in [-0.1, -0.05) is 35.9 Å². The van der Waals surface area contributed by atoms with Crippen molar-refractivity contribution in [1.29, 1.82) is 0 Å². The molecule has 122 valence electrons. The van der Waals surface area contributed by atoms with Crippen LogP contribution in [0, 0.1) is 0 Å². The van der Waals surface area contributed by atoms with Crippen LogP contribution in [0.1, 0.15) is 19.4 Å². The Bertz CT molecular complexity index is 643. The van der Waals surface area contributed by atoms with E-state index in [1.807, 2.05) is 37.3 Å². The molecule has 4 nitrogen and oxygen atoms in total. The first-order valence-corrected chi connectivity index (χ1v) is 7.88. The summed E-state index contributed by atoms with van der Waals surface area (Å²) in [5, 5.41) is 3.51. The van der Waals surface area contributed by atoms with Crippen LogP contribution in [0.3, 0.4) is 0 Å². The molecule has 0 saturated carbocycles. The molecule has 0 saturated heterocycles. The lowest BCUT2D eigenvalue weighted by Crippen LogP contribution is -2.35. The van der Waals surface area contributed by atoms with Crippen molar-refractivity contribution >= 4 is 17.5 Å². The van der Waals surface area contributed by atoms with Crippen LogP contribution in [-0.4, -0.2) is 18.6 Å². The van der Waals surface area contributed by atoms with Crippen molar-refractivity contribution in [3.05, 3.63) is 59.1 Å². The molecular formula is C18H20ClNO3. The number of para-hydroxylation sites is 2. The van der Waals surface area contributed by atoms with Gasteiger partial charge in [0, 0.05) is 11.6 Å². The topological polar surface area (TPSA) is 47.6 Å². The van der Waals surface area contributed by atoms with Gasteiger partial charge >= 0.3 is 0 Å². The van der Waals surface area contributed by atoms with Crippen LogP contribution in [0.15, 0.2) is 48.5 Å². The van der Waals surface area contributed by atoms with Crippen LogP contribution in [0.25, 0.3) is 0 Å². The molecule has 0 bridgehead atoms. The van der Waals surface area contributed by atoms with Crippen molar-refractivity contribution in [2.24, 2.45) is 0 Å². The maximum atomic E-state index is 12.2. The Labute approximate surface area is 141 Å². The van der Waals surface area contributed by atoms with Crippen LogP contribution >= 0.6 is 11.6 Å². The molecule has 2 aromatic carbocycles. The zero-order chi connectivity index (χ0) is 16.7. The molecule has 1 atom stereocenters. The zero-order valence-corrected chi connectivity index (χ0v) is 14.0. The largest absolute Gasteiger partial charge is 0.490 e. The Morgan fingerprint density at radius 3 is 2.43 bits per heavy atom. The predicted molar refractivity (Wildman–Crippen MR) is 91.0 cm³/mol. The minimum absolute atomic E-state index is 0.189. The van der Waals surface area contributed by atoms with Gasteiger partial charge in [-0.05, 0) is 43.7 Å². The molecule has 0 radical (unpaired) electrons. The van der Waals surface area contributed by atoms with E-state index in [0.717, 1.165) is 5.56 Å². The summed E-state index contributed by atoms with van der Waals surface area (Å²) in [5.41, 5.74) is 0.977. The van der Waals surface area contributed by atoms with Gasteiger partial charge in [-0.2, -0.15) is 0 Å².